The monoisotopic (exact) mass is 345 g/mol. The molecular weight excluding hydrogens is 326 g/mol. The van der Waals surface area contributed by atoms with Gasteiger partial charge in [0, 0.05) is 23.4 Å². The molecule has 0 bridgehead atoms. The van der Waals surface area contributed by atoms with E-state index in [9.17, 15) is 13.2 Å². The molecule has 0 radical (unpaired) electrons. The van der Waals surface area contributed by atoms with Gasteiger partial charge in [0.25, 0.3) is 0 Å². The van der Waals surface area contributed by atoms with Crippen LogP contribution in [0.3, 0.4) is 0 Å². The van der Waals surface area contributed by atoms with Crippen molar-refractivity contribution >= 4 is 33.7 Å². The third kappa shape index (κ3) is 8.17. The molecule has 122 valence electrons. The van der Waals surface area contributed by atoms with E-state index >= 15 is 0 Å². The van der Waals surface area contributed by atoms with Crippen LogP contribution in [0.5, 0.6) is 0 Å². The van der Waals surface area contributed by atoms with Crippen LogP contribution in [0.4, 0.5) is 0 Å². The molecule has 0 spiro atoms. The van der Waals surface area contributed by atoms with E-state index in [1.807, 2.05) is 0 Å². The Morgan fingerprint density at radius 1 is 1.23 bits per heavy atom. The van der Waals surface area contributed by atoms with Crippen molar-refractivity contribution in [2.75, 3.05) is 13.7 Å². The summed E-state index contributed by atoms with van der Waals surface area (Å²) >= 11 is 5.76. The maximum Gasteiger partial charge on any atom is 0.305 e. The second-order valence-corrected chi connectivity index (χ2v) is 6.77. The molecule has 7 heteroatoms. The molecule has 0 atom stereocenters. The van der Waals surface area contributed by atoms with Gasteiger partial charge in [-0.05, 0) is 36.6 Å². The third-order valence-electron chi connectivity index (χ3n) is 2.90. The molecule has 22 heavy (non-hydrogen) atoms. The van der Waals surface area contributed by atoms with E-state index in [4.69, 9.17) is 11.6 Å². The molecule has 0 aliphatic rings. The molecule has 0 aromatic heterocycles. The van der Waals surface area contributed by atoms with E-state index in [2.05, 4.69) is 9.46 Å². The van der Waals surface area contributed by atoms with Gasteiger partial charge in [-0.25, -0.2) is 13.1 Å². The number of sulfonamides is 1. The molecular formula is C15H20ClNO4S. The second kappa shape index (κ2) is 9.61. The number of carbonyl (C=O) groups excluding carboxylic acids is 1. The van der Waals surface area contributed by atoms with Crippen LogP contribution in [0.25, 0.3) is 6.08 Å². The van der Waals surface area contributed by atoms with Crippen LogP contribution in [0, 0.1) is 0 Å². The highest BCUT2D eigenvalue weighted by Crippen LogP contribution is 2.11. The summed E-state index contributed by atoms with van der Waals surface area (Å²) in [6, 6.07) is 6.87. The van der Waals surface area contributed by atoms with Crippen molar-refractivity contribution in [3.63, 3.8) is 0 Å². The van der Waals surface area contributed by atoms with Crippen molar-refractivity contribution in [1.29, 1.82) is 0 Å². The minimum absolute atomic E-state index is 0.244. The van der Waals surface area contributed by atoms with Crippen LogP contribution in [-0.4, -0.2) is 28.0 Å². The Bertz CT molecular complexity index is 596. The molecule has 1 N–H and O–H groups in total. The van der Waals surface area contributed by atoms with E-state index in [0.717, 1.165) is 17.4 Å². The zero-order valence-corrected chi connectivity index (χ0v) is 14.0. The number of rotatable bonds is 9. The zero-order valence-electron chi connectivity index (χ0n) is 12.4. The zero-order chi connectivity index (χ0) is 16.4. The van der Waals surface area contributed by atoms with Gasteiger partial charge >= 0.3 is 5.97 Å². The summed E-state index contributed by atoms with van der Waals surface area (Å²) in [5.41, 5.74) is 0.757. The smallest absolute Gasteiger partial charge is 0.305 e. The first kappa shape index (κ1) is 18.7. The molecule has 0 aliphatic heterocycles. The molecule has 0 fully saturated rings. The Balaban J connectivity index is 2.29. The van der Waals surface area contributed by atoms with Crippen molar-refractivity contribution in [1.82, 2.24) is 4.72 Å². The van der Waals surface area contributed by atoms with Crippen molar-refractivity contribution in [2.45, 2.75) is 25.7 Å². The number of hydrogen-bond donors (Lipinski definition) is 1. The fourth-order valence-electron chi connectivity index (χ4n) is 1.68. The molecule has 0 aliphatic carbocycles. The van der Waals surface area contributed by atoms with Gasteiger partial charge in [0.15, 0.2) is 0 Å². The minimum Gasteiger partial charge on any atom is -0.469 e. The molecule has 0 unspecified atom stereocenters. The number of ether oxygens (including phenoxy) is 1. The second-order valence-electron chi connectivity index (χ2n) is 4.68. The highest BCUT2D eigenvalue weighted by molar-refractivity contribution is 7.92. The van der Waals surface area contributed by atoms with Gasteiger partial charge in [-0.1, -0.05) is 30.2 Å². The number of unbranched alkanes of at least 4 members (excludes halogenated alkanes) is 2. The SMILES string of the molecule is COC(=O)CCCCCNS(=O)(=O)/C=C/c1ccc(Cl)cc1. The Morgan fingerprint density at radius 3 is 2.55 bits per heavy atom. The lowest BCUT2D eigenvalue weighted by Crippen LogP contribution is -2.22. The van der Waals surface area contributed by atoms with Gasteiger partial charge in [-0.3, -0.25) is 4.79 Å². The summed E-state index contributed by atoms with van der Waals surface area (Å²) in [5, 5.41) is 1.73. The molecule has 1 rings (SSSR count). The first-order valence-electron chi connectivity index (χ1n) is 6.93. The number of nitrogens with one attached hydrogen (secondary N) is 1. The Labute approximate surface area is 136 Å². The average Bonchev–Trinajstić information content (AvgIpc) is 2.50. The normalized spacial score (nSPS) is 11.7. The van der Waals surface area contributed by atoms with E-state index < -0.39 is 10.0 Å². The fraction of sp³-hybridized carbons (Fsp3) is 0.400. The largest absolute Gasteiger partial charge is 0.469 e. The molecule has 0 amide bonds. The van der Waals surface area contributed by atoms with E-state index in [0.29, 0.717) is 30.8 Å². The first-order chi connectivity index (χ1) is 10.4. The molecule has 0 saturated carbocycles. The van der Waals surface area contributed by atoms with E-state index in [1.54, 1.807) is 24.3 Å². The summed E-state index contributed by atoms with van der Waals surface area (Å²) in [6.07, 6.45) is 3.99. The number of hydrogen-bond acceptors (Lipinski definition) is 4. The Hall–Kier alpha value is -1.37. The maximum absolute atomic E-state index is 11.8. The van der Waals surface area contributed by atoms with Gasteiger partial charge in [-0.15, -0.1) is 0 Å². The highest BCUT2D eigenvalue weighted by Gasteiger charge is 2.04. The fourth-order valence-corrected chi connectivity index (χ4v) is 2.67. The third-order valence-corrected chi connectivity index (χ3v) is 4.25. The number of esters is 1. The summed E-state index contributed by atoms with van der Waals surface area (Å²) in [4.78, 5) is 10.9. The molecule has 0 saturated heterocycles. The average molecular weight is 346 g/mol. The lowest BCUT2D eigenvalue weighted by atomic mass is 10.2. The molecule has 1 aromatic rings. The Kier molecular flexibility index (Phi) is 8.16. The van der Waals surface area contributed by atoms with Crippen molar-refractivity contribution in [3.8, 4) is 0 Å². The Morgan fingerprint density at radius 2 is 1.91 bits per heavy atom. The summed E-state index contributed by atoms with van der Waals surface area (Å²) < 4.78 is 30.5. The summed E-state index contributed by atoms with van der Waals surface area (Å²) in [7, 11) is -2.10. The van der Waals surface area contributed by atoms with Gasteiger partial charge < -0.3 is 4.74 Å². The number of benzene rings is 1. The standard InChI is InChI=1S/C15H20ClNO4S/c1-21-15(18)5-3-2-4-11-17-22(19,20)12-10-13-6-8-14(16)9-7-13/h6-10,12,17H,2-5,11H2,1H3/b12-10+. The van der Waals surface area contributed by atoms with Crippen molar-refractivity contribution in [2.24, 2.45) is 0 Å². The van der Waals surface area contributed by atoms with Crippen LogP contribution < -0.4 is 4.72 Å². The lowest BCUT2D eigenvalue weighted by molar-refractivity contribution is -0.140. The minimum atomic E-state index is -3.45. The summed E-state index contributed by atoms with van der Waals surface area (Å²) in [6.45, 7) is 0.342. The highest BCUT2D eigenvalue weighted by atomic mass is 35.5. The van der Waals surface area contributed by atoms with Gasteiger partial charge in [-0.2, -0.15) is 0 Å². The number of halogens is 1. The number of carbonyl (C=O) groups is 1. The van der Waals surface area contributed by atoms with Crippen molar-refractivity contribution in [3.05, 3.63) is 40.3 Å². The predicted octanol–water partition coefficient (Wildman–Crippen LogP) is 2.96. The molecule has 1 aromatic carbocycles. The van der Waals surface area contributed by atoms with Crippen LogP contribution >= 0.6 is 11.6 Å². The quantitative estimate of drug-likeness (QED) is 0.551. The van der Waals surface area contributed by atoms with Gasteiger partial charge in [0.05, 0.1) is 7.11 Å². The van der Waals surface area contributed by atoms with Crippen LogP contribution in [-0.2, 0) is 19.6 Å². The maximum atomic E-state index is 11.8. The van der Waals surface area contributed by atoms with E-state index in [1.165, 1.54) is 13.2 Å². The summed E-state index contributed by atoms with van der Waals surface area (Å²) in [5.74, 6) is -0.244. The lowest BCUT2D eigenvalue weighted by Gasteiger charge is -2.03. The van der Waals surface area contributed by atoms with Crippen LogP contribution in [0.1, 0.15) is 31.2 Å². The number of methoxy groups -OCH3 is 1. The molecule has 5 nitrogen and oxygen atoms in total. The van der Waals surface area contributed by atoms with E-state index in [-0.39, 0.29) is 5.97 Å². The predicted molar refractivity (Wildman–Crippen MR) is 87.9 cm³/mol. The van der Waals surface area contributed by atoms with Crippen LogP contribution in [0.2, 0.25) is 5.02 Å². The van der Waals surface area contributed by atoms with Crippen molar-refractivity contribution < 1.29 is 17.9 Å². The first-order valence-corrected chi connectivity index (χ1v) is 8.85. The molecule has 0 heterocycles. The topological polar surface area (TPSA) is 72.5 Å². The van der Waals surface area contributed by atoms with Gasteiger partial charge in [0.1, 0.15) is 0 Å². The van der Waals surface area contributed by atoms with Gasteiger partial charge in [0.2, 0.25) is 10.0 Å². The van der Waals surface area contributed by atoms with Crippen LogP contribution in [0.15, 0.2) is 29.7 Å².